The molecule has 0 bridgehead atoms. The normalized spacial score (nSPS) is 18.5. The van der Waals surface area contributed by atoms with E-state index >= 15 is 0 Å². The molecule has 0 aliphatic carbocycles. The summed E-state index contributed by atoms with van der Waals surface area (Å²) in [5, 5.41) is 4.61. The fourth-order valence-electron chi connectivity index (χ4n) is 3.89. The molecule has 2 aromatic heterocycles. The van der Waals surface area contributed by atoms with E-state index < -0.39 is 10.0 Å². The highest BCUT2D eigenvalue weighted by molar-refractivity contribution is 7.89. The van der Waals surface area contributed by atoms with Crippen LogP contribution in [0.1, 0.15) is 45.7 Å². The summed E-state index contributed by atoms with van der Waals surface area (Å²) in [6.07, 6.45) is 6.14. The molecule has 160 valence electrons. The van der Waals surface area contributed by atoms with E-state index in [1.54, 1.807) is 34.8 Å². The fraction of sp³-hybridized carbons (Fsp3) is 0.450. The largest absolute Gasteiger partial charge is 0.348 e. The molecule has 2 fully saturated rings. The van der Waals surface area contributed by atoms with Gasteiger partial charge >= 0.3 is 0 Å². The number of carbonyl (C=O) groups excluding carboxylic acids is 2. The topological polar surface area (TPSA) is 99.7 Å². The van der Waals surface area contributed by atoms with Crippen molar-refractivity contribution in [1.82, 2.24) is 19.5 Å². The Labute approximate surface area is 180 Å². The van der Waals surface area contributed by atoms with Crippen molar-refractivity contribution < 1.29 is 18.0 Å². The zero-order chi connectivity index (χ0) is 21.1. The van der Waals surface area contributed by atoms with Gasteiger partial charge in [0, 0.05) is 50.2 Å². The number of thiophene rings is 1. The van der Waals surface area contributed by atoms with Crippen LogP contribution in [-0.4, -0.2) is 66.6 Å². The lowest BCUT2D eigenvalue weighted by Crippen LogP contribution is -2.46. The minimum Gasteiger partial charge on any atom is -0.348 e. The Morgan fingerprint density at radius 1 is 1.03 bits per heavy atom. The molecule has 0 aromatic carbocycles. The molecule has 10 heteroatoms. The second-order valence-corrected chi connectivity index (χ2v) is 10.3. The minimum absolute atomic E-state index is 0.0422. The third-order valence-corrected chi connectivity index (χ3v) is 8.55. The Hall–Kier alpha value is -2.30. The Morgan fingerprint density at radius 3 is 2.37 bits per heavy atom. The van der Waals surface area contributed by atoms with Crippen molar-refractivity contribution in [2.45, 2.75) is 36.6 Å². The predicted molar refractivity (Wildman–Crippen MR) is 113 cm³/mol. The van der Waals surface area contributed by atoms with Gasteiger partial charge in [0.05, 0.1) is 0 Å². The van der Waals surface area contributed by atoms with E-state index in [2.05, 4.69) is 10.3 Å². The predicted octanol–water partition coefficient (Wildman–Crippen LogP) is 1.96. The number of hydrogen-bond acceptors (Lipinski definition) is 6. The number of nitrogens with one attached hydrogen (secondary N) is 1. The molecular formula is C20H24N4O4S2. The van der Waals surface area contributed by atoms with Crippen molar-refractivity contribution in [3.05, 3.63) is 46.4 Å². The summed E-state index contributed by atoms with van der Waals surface area (Å²) in [5.74, 6) is -0.402. The summed E-state index contributed by atoms with van der Waals surface area (Å²) < 4.78 is 27.2. The van der Waals surface area contributed by atoms with Gasteiger partial charge in [0.15, 0.2) is 0 Å². The van der Waals surface area contributed by atoms with Crippen LogP contribution in [0.2, 0.25) is 0 Å². The van der Waals surface area contributed by atoms with E-state index in [1.807, 2.05) is 0 Å². The Bertz CT molecular complexity index is 1010. The number of likely N-dealkylation sites (tertiary alicyclic amines) is 1. The fourth-order valence-corrected chi connectivity index (χ4v) is 6.71. The minimum atomic E-state index is -3.64. The zero-order valence-corrected chi connectivity index (χ0v) is 18.1. The standard InChI is InChI=1S/C20H24N4O4S2/c25-19(18-17(7-14-29-18)30(27,28)24-10-1-2-11-24)22-16-5-12-23(13-6-16)20(26)15-3-8-21-9-4-15/h3-4,7-9,14,16H,1-2,5-6,10-13H2,(H,22,25). The maximum absolute atomic E-state index is 12.9. The third-order valence-electron chi connectivity index (χ3n) is 5.56. The van der Waals surface area contributed by atoms with E-state index in [4.69, 9.17) is 0 Å². The highest BCUT2D eigenvalue weighted by Crippen LogP contribution is 2.28. The number of sulfonamides is 1. The molecule has 2 aliphatic rings. The molecule has 2 amide bonds. The summed E-state index contributed by atoms with van der Waals surface area (Å²) in [5.41, 5.74) is 0.600. The first-order chi connectivity index (χ1) is 14.5. The number of piperidine rings is 1. The van der Waals surface area contributed by atoms with Gasteiger partial charge in [0.2, 0.25) is 10.0 Å². The first-order valence-corrected chi connectivity index (χ1v) is 12.4. The van der Waals surface area contributed by atoms with Gasteiger partial charge in [-0.3, -0.25) is 14.6 Å². The van der Waals surface area contributed by atoms with Gasteiger partial charge in [0.1, 0.15) is 9.77 Å². The number of amides is 2. The van der Waals surface area contributed by atoms with Crippen molar-refractivity contribution in [2.24, 2.45) is 0 Å². The number of carbonyl (C=O) groups is 2. The van der Waals surface area contributed by atoms with Crippen molar-refractivity contribution >= 4 is 33.2 Å². The van der Waals surface area contributed by atoms with Crippen molar-refractivity contribution in [3.63, 3.8) is 0 Å². The highest BCUT2D eigenvalue weighted by Gasteiger charge is 2.33. The van der Waals surface area contributed by atoms with Crippen molar-refractivity contribution in [1.29, 1.82) is 0 Å². The Kier molecular flexibility index (Phi) is 6.16. The number of rotatable bonds is 5. The van der Waals surface area contributed by atoms with Gasteiger partial charge in [-0.1, -0.05) is 0 Å². The van der Waals surface area contributed by atoms with Gasteiger partial charge in [0.25, 0.3) is 11.8 Å². The molecule has 4 rings (SSSR count). The monoisotopic (exact) mass is 448 g/mol. The Balaban J connectivity index is 1.37. The van der Waals surface area contributed by atoms with Gasteiger partial charge in [-0.2, -0.15) is 4.31 Å². The molecule has 0 unspecified atom stereocenters. The molecule has 0 spiro atoms. The van der Waals surface area contributed by atoms with Crippen LogP contribution in [-0.2, 0) is 10.0 Å². The van der Waals surface area contributed by atoms with Gasteiger partial charge in [-0.05, 0) is 49.3 Å². The van der Waals surface area contributed by atoms with E-state index in [0.717, 1.165) is 24.2 Å². The molecule has 2 aromatic rings. The van der Waals surface area contributed by atoms with Gasteiger partial charge in [-0.15, -0.1) is 11.3 Å². The Morgan fingerprint density at radius 2 is 1.70 bits per heavy atom. The zero-order valence-electron chi connectivity index (χ0n) is 16.5. The average molecular weight is 449 g/mol. The molecule has 0 saturated carbocycles. The average Bonchev–Trinajstić information content (AvgIpc) is 3.47. The highest BCUT2D eigenvalue weighted by atomic mass is 32.2. The van der Waals surface area contributed by atoms with Gasteiger partial charge < -0.3 is 10.2 Å². The lowest BCUT2D eigenvalue weighted by atomic mass is 10.0. The molecule has 0 atom stereocenters. The van der Waals surface area contributed by atoms with E-state index in [-0.39, 0.29) is 27.6 Å². The van der Waals surface area contributed by atoms with Crippen LogP contribution in [0.4, 0.5) is 0 Å². The molecule has 0 radical (unpaired) electrons. The summed E-state index contributed by atoms with van der Waals surface area (Å²) in [7, 11) is -3.64. The van der Waals surface area contributed by atoms with Crippen LogP contribution in [0.25, 0.3) is 0 Å². The maximum atomic E-state index is 12.9. The van der Waals surface area contributed by atoms with Crippen LogP contribution in [0.5, 0.6) is 0 Å². The first kappa shape index (κ1) is 21.0. The van der Waals surface area contributed by atoms with E-state index in [0.29, 0.717) is 44.6 Å². The van der Waals surface area contributed by atoms with Crippen molar-refractivity contribution in [3.8, 4) is 0 Å². The molecule has 4 heterocycles. The number of pyridine rings is 1. The van der Waals surface area contributed by atoms with Crippen LogP contribution in [0, 0.1) is 0 Å². The second kappa shape index (κ2) is 8.83. The number of hydrogen-bond donors (Lipinski definition) is 1. The summed E-state index contributed by atoms with van der Waals surface area (Å²) in [6, 6.07) is 4.80. The number of nitrogens with zero attached hydrogens (tertiary/aromatic N) is 3. The lowest BCUT2D eigenvalue weighted by Gasteiger charge is -2.32. The van der Waals surface area contributed by atoms with Crippen LogP contribution in [0.15, 0.2) is 40.9 Å². The first-order valence-electron chi connectivity index (χ1n) is 10.0. The SMILES string of the molecule is O=C(NC1CCN(C(=O)c2ccncc2)CC1)c1sccc1S(=O)(=O)N1CCCC1. The quantitative estimate of drug-likeness (QED) is 0.754. The molecule has 2 saturated heterocycles. The van der Waals surface area contributed by atoms with Crippen LogP contribution in [0.3, 0.4) is 0 Å². The van der Waals surface area contributed by atoms with E-state index in [1.165, 1.54) is 10.4 Å². The van der Waals surface area contributed by atoms with Crippen molar-refractivity contribution in [2.75, 3.05) is 26.2 Å². The molecule has 2 aliphatic heterocycles. The summed E-state index contributed by atoms with van der Waals surface area (Å²) in [4.78, 5) is 31.4. The van der Waals surface area contributed by atoms with E-state index in [9.17, 15) is 18.0 Å². The molecular weight excluding hydrogens is 424 g/mol. The maximum Gasteiger partial charge on any atom is 0.262 e. The third kappa shape index (κ3) is 4.26. The molecule has 8 nitrogen and oxygen atoms in total. The summed E-state index contributed by atoms with van der Waals surface area (Å²) in [6.45, 7) is 2.08. The molecule has 1 N–H and O–H groups in total. The molecule has 30 heavy (non-hydrogen) atoms. The second-order valence-electron chi connectivity index (χ2n) is 7.50. The smallest absolute Gasteiger partial charge is 0.262 e. The lowest BCUT2D eigenvalue weighted by molar-refractivity contribution is 0.0698. The van der Waals surface area contributed by atoms with Gasteiger partial charge in [-0.25, -0.2) is 8.42 Å². The summed E-state index contributed by atoms with van der Waals surface area (Å²) >= 11 is 1.15. The number of aromatic nitrogens is 1. The van der Waals surface area contributed by atoms with Crippen LogP contribution < -0.4 is 5.32 Å². The van der Waals surface area contributed by atoms with Crippen LogP contribution >= 0.6 is 11.3 Å².